The van der Waals surface area contributed by atoms with Gasteiger partial charge in [-0.25, -0.2) is 0 Å². The summed E-state index contributed by atoms with van der Waals surface area (Å²) in [5.41, 5.74) is 0. The third kappa shape index (κ3) is 2.24. The smallest absolute Gasteiger partial charge is 0.284 e. The lowest BCUT2D eigenvalue weighted by molar-refractivity contribution is 0.0826. The molecule has 1 heterocycles. The molecule has 1 rings (SSSR count). The molecule has 0 spiro atoms. The molecule has 0 aliphatic rings. The minimum atomic E-state index is -0.0793. The first-order valence-corrected chi connectivity index (χ1v) is 4.89. The highest BCUT2D eigenvalue weighted by molar-refractivity contribution is 7.13. The van der Waals surface area contributed by atoms with Gasteiger partial charge in [0, 0.05) is 20.0 Å². The Hall–Kier alpha value is -0.970. The second-order valence-corrected chi connectivity index (χ2v) is 4.31. The van der Waals surface area contributed by atoms with E-state index in [9.17, 15) is 4.79 Å². The van der Waals surface area contributed by atoms with Crippen molar-refractivity contribution in [2.45, 2.75) is 19.8 Å². The molecule has 1 aromatic rings. The molecule has 5 heteroatoms. The van der Waals surface area contributed by atoms with E-state index in [1.807, 2.05) is 13.8 Å². The Labute approximate surface area is 81.6 Å². The Morgan fingerprint density at radius 3 is 2.38 bits per heavy atom. The second-order valence-electron chi connectivity index (χ2n) is 3.30. The van der Waals surface area contributed by atoms with Gasteiger partial charge in [-0.1, -0.05) is 25.2 Å². The van der Waals surface area contributed by atoms with E-state index in [-0.39, 0.29) is 5.91 Å². The fourth-order valence-corrected chi connectivity index (χ4v) is 1.61. The van der Waals surface area contributed by atoms with E-state index in [4.69, 9.17) is 0 Å². The number of hydrogen-bond donors (Lipinski definition) is 0. The Morgan fingerprint density at radius 1 is 1.38 bits per heavy atom. The highest BCUT2D eigenvalue weighted by atomic mass is 32.1. The first-order chi connectivity index (χ1) is 6.02. The molecule has 0 saturated heterocycles. The minimum absolute atomic E-state index is 0.0793. The van der Waals surface area contributed by atoms with Crippen LogP contribution in [-0.4, -0.2) is 35.1 Å². The van der Waals surface area contributed by atoms with Gasteiger partial charge in [0.1, 0.15) is 5.01 Å². The molecule has 0 aromatic carbocycles. The van der Waals surface area contributed by atoms with Crippen LogP contribution in [0, 0.1) is 0 Å². The normalized spacial score (nSPS) is 10.5. The Kier molecular flexibility index (Phi) is 2.98. The molecule has 0 saturated carbocycles. The van der Waals surface area contributed by atoms with Crippen molar-refractivity contribution in [2.75, 3.05) is 14.1 Å². The average Bonchev–Trinajstić information content (AvgIpc) is 2.50. The third-order valence-corrected chi connectivity index (χ3v) is 2.74. The molecule has 0 aliphatic heterocycles. The van der Waals surface area contributed by atoms with Gasteiger partial charge in [0.2, 0.25) is 5.01 Å². The summed E-state index contributed by atoms with van der Waals surface area (Å²) in [6.07, 6.45) is 0. The highest BCUT2D eigenvalue weighted by Gasteiger charge is 2.15. The largest absolute Gasteiger partial charge is 0.343 e. The van der Waals surface area contributed by atoms with Crippen LogP contribution in [0.2, 0.25) is 0 Å². The Bertz CT molecular complexity index is 306. The third-order valence-electron chi connectivity index (χ3n) is 1.52. The topological polar surface area (TPSA) is 46.1 Å². The molecule has 0 radical (unpaired) electrons. The summed E-state index contributed by atoms with van der Waals surface area (Å²) >= 11 is 1.36. The number of carbonyl (C=O) groups is 1. The molecule has 0 N–H and O–H groups in total. The second kappa shape index (κ2) is 3.83. The summed E-state index contributed by atoms with van der Waals surface area (Å²) in [6, 6.07) is 0. The summed E-state index contributed by atoms with van der Waals surface area (Å²) in [5.74, 6) is 0.255. The molecule has 0 atom stereocenters. The molecule has 1 aromatic heterocycles. The van der Waals surface area contributed by atoms with E-state index in [2.05, 4.69) is 10.2 Å². The maximum absolute atomic E-state index is 11.4. The molecule has 0 unspecified atom stereocenters. The summed E-state index contributed by atoms with van der Waals surface area (Å²) in [6.45, 7) is 4.06. The Morgan fingerprint density at radius 2 is 2.00 bits per heavy atom. The maximum atomic E-state index is 11.4. The van der Waals surface area contributed by atoms with Gasteiger partial charge in [0.05, 0.1) is 0 Å². The van der Waals surface area contributed by atoms with Crippen LogP contribution in [0.4, 0.5) is 0 Å². The predicted molar refractivity (Wildman–Crippen MR) is 52.0 cm³/mol. The molecule has 0 fully saturated rings. The van der Waals surface area contributed by atoms with Crippen molar-refractivity contribution in [2.24, 2.45) is 0 Å². The standard InChI is InChI=1S/C8H13N3OS/c1-5(2)6-9-10-7(13-6)8(12)11(3)4/h5H,1-4H3. The van der Waals surface area contributed by atoms with E-state index >= 15 is 0 Å². The van der Waals surface area contributed by atoms with E-state index in [1.54, 1.807) is 14.1 Å². The quantitative estimate of drug-likeness (QED) is 0.722. The minimum Gasteiger partial charge on any atom is -0.343 e. The Balaban J connectivity index is 2.86. The monoisotopic (exact) mass is 199 g/mol. The zero-order valence-electron chi connectivity index (χ0n) is 8.24. The van der Waals surface area contributed by atoms with E-state index < -0.39 is 0 Å². The first-order valence-electron chi connectivity index (χ1n) is 4.07. The van der Waals surface area contributed by atoms with Crippen molar-refractivity contribution in [3.8, 4) is 0 Å². The average molecular weight is 199 g/mol. The summed E-state index contributed by atoms with van der Waals surface area (Å²) < 4.78 is 0. The summed E-state index contributed by atoms with van der Waals surface area (Å²) in [7, 11) is 3.41. The van der Waals surface area contributed by atoms with Crippen molar-refractivity contribution in [3.05, 3.63) is 10.0 Å². The van der Waals surface area contributed by atoms with Crippen molar-refractivity contribution in [1.82, 2.24) is 15.1 Å². The van der Waals surface area contributed by atoms with Gasteiger partial charge in [-0.2, -0.15) is 0 Å². The lowest BCUT2D eigenvalue weighted by Gasteiger charge is -2.05. The highest BCUT2D eigenvalue weighted by Crippen LogP contribution is 2.19. The van der Waals surface area contributed by atoms with Crippen LogP contribution in [-0.2, 0) is 0 Å². The van der Waals surface area contributed by atoms with Crippen molar-refractivity contribution in [1.29, 1.82) is 0 Å². The number of hydrogen-bond acceptors (Lipinski definition) is 4. The van der Waals surface area contributed by atoms with E-state index in [1.165, 1.54) is 16.2 Å². The van der Waals surface area contributed by atoms with Crippen LogP contribution >= 0.6 is 11.3 Å². The number of nitrogens with zero attached hydrogens (tertiary/aromatic N) is 3. The van der Waals surface area contributed by atoms with E-state index in [0.717, 1.165) is 5.01 Å². The lowest BCUT2D eigenvalue weighted by Crippen LogP contribution is -2.21. The molecular weight excluding hydrogens is 186 g/mol. The van der Waals surface area contributed by atoms with Crippen LogP contribution in [0.3, 0.4) is 0 Å². The molecule has 0 aliphatic carbocycles. The van der Waals surface area contributed by atoms with Crippen LogP contribution in [0.1, 0.15) is 34.6 Å². The maximum Gasteiger partial charge on any atom is 0.284 e. The zero-order valence-corrected chi connectivity index (χ0v) is 9.05. The molecular formula is C8H13N3OS. The lowest BCUT2D eigenvalue weighted by atomic mass is 10.2. The van der Waals surface area contributed by atoms with Crippen LogP contribution in [0.5, 0.6) is 0 Å². The van der Waals surface area contributed by atoms with Gasteiger partial charge >= 0.3 is 0 Å². The molecule has 4 nitrogen and oxygen atoms in total. The zero-order chi connectivity index (χ0) is 10.0. The summed E-state index contributed by atoms with van der Waals surface area (Å²) in [4.78, 5) is 12.9. The van der Waals surface area contributed by atoms with Gasteiger partial charge in [0.25, 0.3) is 5.91 Å². The predicted octanol–water partition coefficient (Wildman–Crippen LogP) is 1.36. The van der Waals surface area contributed by atoms with E-state index in [0.29, 0.717) is 10.9 Å². The van der Waals surface area contributed by atoms with Gasteiger partial charge in [-0.15, -0.1) is 10.2 Å². The number of carbonyl (C=O) groups excluding carboxylic acids is 1. The van der Waals surface area contributed by atoms with Crippen LogP contribution < -0.4 is 0 Å². The number of rotatable bonds is 2. The van der Waals surface area contributed by atoms with Gasteiger partial charge < -0.3 is 4.90 Å². The van der Waals surface area contributed by atoms with Crippen molar-refractivity contribution in [3.63, 3.8) is 0 Å². The molecule has 72 valence electrons. The SMILES string of the molecule is CC(C)c1nnc(C(=O)N(C)C)s1. The van der Waals surface area contributed by atoms with Crippen LogP contribution in [0.15, 0.2) is 0 Å². The summed E-state index contributed by atoms with van der Waals surface area (Å²) in [5, 5.41) is 9.15. The first kappa shape index (κ1) is 10.1. The molecule has 1 amide bonds. The fourth-order valence-electron chi connectivity index (χ4n) is 0.746. The van der Waals surface area contributed by atoms with Gasteiger partial charge in [-0.3, -0.25) is 4.79 Å². The van der Waals surface area contributed by atoms with Gasteiger partial charge in [0.15, 0.2) is 0 Å². The van der Waals surface area contributed by atoms with Crippen LogP contribution in [0.25, 0.3) is 0 Å². The number of amides is 1. The van der Waals surface area contributed by atoms with Crippen molar-refractivity contribution >= 4 is 17.2 Å². The molecule has 13 heavy (non-hydrogen) atoms. The number of aromatic nitrogens is 2. The van der Waals surface area contributed by atoms with Crippen molar-refractivity contribution < 1.29 is 4.79 Å². The van der Waals surface area contributed by atoms with Gasteiger partial charge in [-0.05, 0) is 0 Å². The molecule has 0 bridgehead atoms. The fraction of sp³-hybridized carbons (Fsp3) is 0.625.